The van der Waals surface area contributed by atoms with Crippen molar-refractivity contribution < 1.29 is 9.53 Å². The number of aromatic amines is 1. The minimum absolute atomic E-state index is 0.150. The van der Waals surface area contributed by atoms with Crippen LogP contribution in [0.4, 0.5) is 0 Å². The Bertz CT molecular complexity index is 1020. The number of carbonyl (C=O) groups excluding carboxylic acids is 1. The number of fused-ring (bicyclic) bond motifs is 2. The number of amides is 1. The number of hydrogen-bond donors (Lipinski definition) is 2. The summed E-state index contributed by atoms with van der Waals surface area (Å²) in [5.41, 5.74) is 1.66. The van der Waals surface area contributed by atoms with Gasteiger partial charge in [-0.15, -0.1) is 11.3 Å². The summed E-state index contributed by atoms with van der Waals surface area (Å²) in [6, 6.07) is 8.04. The molecule has 2 N–H and O–H groups in total. The Kier molecular flexibility index (Phi) is 4.46. The van der Waals surface area contributed by atoms with E-state index >= 15 is 0 Å². The zero-order valence-electron chi connectivity index (χ0n) is 14.4. The Hall–Kier alpha value is -2.67. The summed E-state index contributed by atoms with van der Waals surface area (Å²) in [6.45, 7) is 3.02. The second-order valence-electron chi connectivity index (χ2n) is 6.49. The Labute approximate surface area is 154 Å². The van der Waals surface area contributed by atoms with Crippen LogP contribution in [0.5, 0.6) is 5.75 Å². The van der Waals surface area contributed by atoms with Crippen molar-refractivity contribution in [3.8, 4) is 5.75 Å². The molecule has 1 atom stereocenters. The Morgan fingerprint density at radius 3 is 3.12 bits per heavy atom. The first kappa shape index (κ1) is 16.8. The minimum Gasteiger partial charge on any atom is -0.493 e. The van der Waals surface area contributed by atoms with Crippen LogP contribution in [0.3, 0.4) is 0 Å². The van der Waals surface area contributed by atoms with Gasteiger partial charge in [-0.25, -0.2) is 4.98 Å². The summed E-state index contributed by atoms with van der Waals surface area (Å²) in [4.78, 5) is 32.5. The molecule has 3 heterocycles. The van der Waals surface area contributed by atoms with E-state index in [0.717, 1.165) is 18.6 Å². The van der Waals surface area contributed by atoms with Crippen LogP contribution in [0.25, 0.3) is 10.2 Å². The van der Waals surface area contributed by atoms with E-state index in [0.29, 0.717) is 39.7 Å². The number of carbonyl (C=O) groups is 1. The molecule has 0 unspecified atom stereocenters. The number of thiophene rings is 1. The fourth-order valence-corrected chi connectivity index (χ4v) is 4.41. The van der Waals surface area contributed by atoms with Crippen LogP contribution in [-0.4, -0.2) is 29.0 Å². The van der Waals surface area contributed by atoms with Gasteiger partial charge in [0, 0.05) is 6.54 Å². The Morgan fingerprint density at radius 2 is 2.27 bits per heavy atom. The predicted molar refractivity (Wildman–Crippen MR) is 101 cm³/mol. The molecule has 0 radical (unpaired) electrons. The molecule has 134 valence electrons. The normalized spacial score (nSPS) is 16.6. The van der Waals surface area contributed by atoms with Crippen molar-refractivity contribution in [2.45, 2.75) is 19.8 Å². The number of aryl methyl sites for hydroxylation is 1. The molecule has 0 saturated carbocycles. The van der Waals surface area contributed by atoms with Gasteiger partial charge in [-0.1, -0.05) is 18.2 Å². The van der Waals surface area contributed by atoms with Gasteiger partial charge in [0.25, 0.3) is 11.5 Å². The van der Waals surface area contributed by atoms with Crippen molar-refractivity contribution in [3.63, 3.8) is 0 Å². The zero-order chi connectivity index (χ0) is 18.1. The highest BCUT2D eigenvalue weighted by atomic mass is 32.1. The molecule has 0 aliphatic carbocycles. The second kappa shape index (κ2) is 6.92. The van der Waals surface area contributed by atoms with Gasteiger partial charge in [0.1, 0.15) is 10.6 Å². The highest BCUT2D eigenvalue weighted by Gasteiger charge is 2.21. The second-order valence-corrected chi connectivity index (χ2v) is 7.49. The van der Waals surface area contributed by atoms with E-state index in [4.69, 9.17) is 4.74 Å². The number of ether oxygens (including phenoxy) is 1. The van der Waals surface area contributed by atoms with Gasteiger partial charge >= 0.3 is 0 Å². The van der Waals surface area contributed by atoms with E-state index < -0.39 is 0 Å². The fraction of sp³-hybridized carbons (Fsp3) is 0.316. The van der Waals surface area contributed by atoms with Crippen molar-refractivity contribution in [1.29, 1.82) is 0 Å². The molecule has 0 spiro atoms. The average Bonchev–Trinajstić information content (AvgIpc) is 2.85. The molecule has 0 fully saturated rings. The molecule has 1 aliphatic heterocycles. The molecule has 1 aromatic carbocycles. The lowest BCUT2D eigenvalue weighted by Gasteiger charge is -2.14. The number of rotatable bonds is 3. The van der Waals surface area contributed by atoms with Crippen molar-refractivity contribution in [1.82, 2.24) is 15.3 Å². The number of nitrogens with zero attached hydrogens (tertiary/aromatic N) is 1. The highest BCUT2D eigenvalue weighted by Crippen LogP contribution is 2.28. The lowest BCUT2D eigenvalue weighted by atomic mass is 9.97. The molecule has 1 aliphatic rings. The highest BCUT2D eigenvalue weighted by molar-refractivity contribution is 7.20. The summed E-state index contributed by atoms with van der Waals surface area (Å²) >= 11 is 1.26. The SMILES string of the molecule is Cc1c(C(=O)NC[C@H]2CCOc3ccccc3C2)sc2nc[nH]c(=O)c12. The molecule has 7 heteroatoms. The summed E-state index contributed by atoms with van der Waals surface area (Å²) < 4.78 is 5.79. The number of H-pyrrole nitrogens is 1. The molecule has 0 saturated heterocycles. The molecule has 26 heavy (non-hydrogen) atoms. The molecule has 6 nitrogen and oxygen atoms in total. The number of hydrogen-bond acceptors (Lipinski definition) is 5. The topological polar surface area (TPSA) is 84.1 Å². The van der Waals surface area contributed by atoms with Crippen LogP contribution in [0.2, 0.25) is 0 Å². The van der Waals surface area contributed by atoms with Gasteiger partial charge in [0.2, 0.25) is 0 Å². The summed E-state index contributed by atoms with van der Waals surface area (Å²) in [6.07, 6.45) is 3.13. The first-order chi connectivity index (χ1) is 12.6. The number of benzene rings is 1. The first-order valence-electron chi connectivity index (χ1n) is 8.59. The number of aromatic nitrogens is 2. The molecule has 3 aromatic rings. The van der Waals surface area contributed by atoms with E-state index in [1.165, 1.54) is 23.2 Å². The monoisotopic (exact) mass is 369 g/mol. The van der Waals surface area contributed by atoms with Crippen LogP contribution < -0.4 is 15.6 Å². The minimum atomic E-state index is -0.208. The largest absolute Gasteiger partial charge is 0.493 e. The smallest absolute Gasteiger partial charge is 0.261 e. The molecular weight excluding hydrogens is 350 g/mol. The molecule has 4 rings (SSSR count). The third-order valence-electron chi connectivity index (χ3n) is 4.76. The van der Waals surface area contributed by atoms with Gasteiger partial charge in [0.05, 0.1) is 23.2 Å². The van der Waals surface area contributed by atoms with E-state index in [9.17, 15) is 9.59 Å². The van der Waals surface area contributed by atoms with Crippen molar-refractivity contribution in [2.24, 2.45) is 5.92 Å². The van der Waals surface area contributed by atoms with Gasteiger partial charge in [-0.3, -0.25) is 9.59 Å². The van der Waals surface area contributed by atoms with Gasteiger partial charge < -0.3 is 15.0 Å². The van der Waals surface area contributed by atoms with Crippen LogP contribution in [0.15, 0.2) is 35.4 Å². The Balaban J connectivity index is 1.49. The summed E-state index contributed by atoms with van der Waals surface area (Å²) in [7, 11) is 0. The molecule has 0 bridgehead atoms. The van der Waals surface area contributed by atoms with Crippen LogP contribution in [0.1, 0.15) is 27.2 Å². The quantitative estimate of drug-likeness (QED) is 0.743. The zero-order valence-corrected chi connectivity index (χ0v) is 15.2. The van der Waals surface area contributed by atoms with Gasteiger partial charge in [0.15, 0.2) is 0 Å². The lowest BCUT2D eigenvalue weighted by molar-refractivity contribution is 0.0949. The van der Waals surface area contributed by atoms with Crippen molar-refractivity contribution >= 4 is 27.5 Å². The van der Waals surface area contributed by atoms with E-state index in [1.807, 2.05) is 18.2 Å². The summed E-state index contributed by atoms with van der Waals surface area (Å²) in [5, 5.41) is 3.52. The average molecular weight is 369 g/mol. The standard InChI is InChI=1S/C19H19N3O3S/c1-11-15-17(23)21-10-22-19(15)26-16(11)18(24)20-9-12-6-7-25-14-5-3-2-4-13(14)8-12/h2-5,10,12H,6-9H2,1H3,(H,20,24)(H,21,22,23)/t12-/m0/s1. The van der Waals surface area contributed by atoms with Crippen LogP contribution >= 0.6 is 11.3 Å². The van der Waals surface area contributed by atoms with E-state index in [1.54, 1.807) is 6.92 Å². The summed E-state index contributed by atoms with van der Waals surface area (Å²) in [5.74, 6) is 1.11. The number of nitrogens with one attached hydrogen (secondary N) is 2. The molecular formula is C19H19N3O3S. The van der Waals surface area contributed by atoms with Crippen molar-refractivity contribution in [3.05, 3.63) is 57.0 Å². The van der Waals surface area contributed by atoms with Crippen LogP contribution in [-0.2, 0) is 6.42 Å². The van der Waals surface area contributed by atoms with Crippen molar-refractivity contribution in [2.75, 3.05) is 13.2 Å². The van der Waals surface area contributed by atoms with E-state index in [-0.39, 0.29) is 11.5 Å². The fourth-order valence-electron chi connectivity index (χ4n) is 3.35. The maximum absolute atomic E-state index is 12.6. The maximum atomic E-state index is 12.6. The number of para-hydroxylation sites is 1. The Morgan fingerprint density at radius 1 is 1.42 bits per heavy atom. The van der Waals surface area contributed by atoms with Gasteiger partial charge in [-0.2, -0.15) is 0 Å². The third-order valence-corrected chi connectivity index (χ3v) is 5.95. The molecule has 2 aromatic heterocycles. The van der Waals surface area contributed by atoms with Crippen LogP contribution in [0, 0.1) is 12.8 Å². The maximum Gasteiger partial charge on any atom is 0.261 e. The lowest BCUT2D eigenvalue weighted by Crippen LogP contribution is -2.30. The first-order valence-corrected chi connectivity index (χ1v) is 9.41. The third kappa shape index (κ3) is 3.10. The molecule has 1 amide bonds. The van der Waals surface area contributed by atoms with E-state index in [2.05, 4.69) is 21.4 Å². The van der Waals surface area contributed by atoms with Gasteiger partial charge in [-0.05, 0) is 42.9 Å². The predicted octanol–water partition coefficient (Wildman–Crippen LogP) is 2.66.